The number of amides is 2. The van der Waals surface area contributed by atoms with Crippen LogP contribution >= 0.6 is 23.4 Å². The van der Waals surface area contributed by atoms with Crippen molar-refractivity contribution in [2.24, 2.45) is 5.92 Å². The van der Waals surface area contributed by atoms with E-state index in [1.807, 2.05) is 45.9 Å². The maximum atomic E-state index is 13.1. The zero-order valence-corrected chi connectivity index (χ0v) is 15.4. The molecule has 3 unspecified atom stereocenters. The van der Waals surface area contributed by atoms with Crippen LogP contribution in [0.4, 0.5) is 4.79 Å². The fourth-order valence-corrected chi connectivity index (χ4v) is 6.29. The molecule has 4 aliphatic rings. The number of halogens is 1. The van der Waals surface area contributed by atoms with Gasteiger partial charge in [-0.15, -0.1) is 11.8 Å². The van der Waals surface area contributed by atoms with Crippen molar-refractivity contribution in [2.75, 3.05) is 6.67 Å². The molecule has 0 radical (unpaired) electrons. The Morgan fingerprint density at radius 1 is 1.20 bits per heavy atom. The largest absolute Gasteiger partial charge is 0.337 e. The molecule has 2 saturated heterocycles. The SMILES string of the molecule is O=C1N(Cc2ccc(Cl)cc2)C2SC3=C(CCCC3)C2C2NCNN12. The fraction of sp³-hybridized carbons (Fsp3) is 0.500. The summed E-state index contributed by atoms with van der Waals surface area (Å²) < 4.78 is 0. The van der Waals surface area contributed by atoms with E-state index in [1.54, 1.807) is 5.57 Å². The highest BCUT2D eigenvalue weighted by Crippen LogP contribution is 2.53. The summed E-state index contributed by atoms with van der Waals surface area (Å²) in [6, 6.07) is 7.88. The van der Waals surface area contributed by atoms with Gasteiger partial charge in [-0.3, -0.25) is 5.32 Å². The first-order valence-electron chi connectivity index (χ1n) is 8.92. The quantitative estimate of drug-likeness (QED) is 0.829. The van der Waals surface area contributed by atoms with Gasteiger partial charge in [-0.1, -0.05) is 29.3 Å². The lowest BCUT2D eigenvalue weighted by molar-refractivity contribution is 0.0554. The molecule has 3 aliphatic heterocycles. The van der Waals surface area contributed by atoms with E-state index in [1.165, 1.54) is 30.6 Å². The molecule has 2 amide bonds. The van der Waals surface area contributed by atoms with Crippen molar-refractivity contribution < 1.29 is 4.79 Å². The smallest absolute Gasteiger partial charge is 0.306 e. The number of hydrogen-bond acceptors (Lipinski definition) is 4. The predicted octanol–water partition coefficient (Wildman–Crippen LogP) is 3.49. The van der Waals surface area contributed by atoms with E-state index in [2.05, 4.69) is 10.7 Å². The first-order chi connectivity index (χ1) is 12.2. The highest BCUT2D eigenvalue weighted by Gasteiger charge is 2.54. The number of allylic oxidation sites excluding steroid dienone is 1. The minimum atomic E-state index is 0.0681. The van der Waals surface area contributed by atoms with Crippen LogP contribution in [0.25, 0.3) is 0 Å². The van der Waals surface area contributed by atoms with Gasteiger partial charge < -0.3 is 4.90 Å². The first-order valence-corrected chi connectivity index (χ1v) is 10.2. The van der Waals surface area contributed by atoms with E-state index >= 15 is 0 Å². The molecule has 1 aromatic rings. The number of thioether (sulfide) groups is 1. The van der Waals surface area contributed by atoms with Crippen LogP contribution in [0.2, 0.25) is 5.02 Å². The molecule has 3 atom stereocenters. The molecule has 1 aliphatic carbocycles. The Bertz CT molecular complexity index is 737. The lowest BCUT2D eigenvalue weighted by Crippen LogP contribution is -2.63. The summed E-state index contributed by atoms with van der Waals surface area (Å²) in [5, 5.41) is 6.22. The van der Waals surface area contributed by atoms with Gasteiger partial charge in [0.2, 0.25) is 0 Å². The van der Waals surface area contributed by atoms with Gasteiger partial charge in [-0.25, -0.2) is 15.2 Å². The zero-order chi connectivity index (χ0) is 17.0. The van der Waals surface area contributed by atoms with Crippen LogP contribution in [0.15, 0.2) is 34.7 Å². The number of carbonyl (C=O) groups excluding carboxylic acids is 1. The molecular weight excluding hydrogens is 356 g/mol. The summed E-state index contributed by atoms with van der Waals surface area (Å²) in [5.41, 5.74) is 5.92. The van der Waals surface area contributed by atoms with Crippen molar-refractivity contribution in [3.8, 4) is 0 Å². The number of carbonyl (C=O) groups is 1. The summed E-state index contributed by atoms with van der Waals surface area (Å²) in [5.74, 6) is 0.375. The highest BCUT2D eigenvalue weighted by molar-refractivity contribution is 8.03. The number of benzene rings is 1. The third-order valence-electron chi connectivity index (χ3n) is 5.63. The van der Waals surface area contributed by atoms with Gasteiger partial charge in [-0.2, -0.15) is 0 Å². The molecule has 0 spiro atoms. The van der Waals surface area contributed by atoms with E-state index in [9.17, 15) is 4.79 Å². The first kappa shape index (κ1) is 16.0. The van der Waals surface area contributed by atoms with Crippen molar-refractivity contribution in [1.82, 2.24) is 20.7 Å². The summed E-state index contributed by atoms with van der Waals surface area (Å²) in [6.45, 7) is 1.28. The van der Waals surface area contributed by atoms with Crippen molar-refractivity contribution >= 4 is 29.4 Å². The molecule has 3 heterocycles. The minimum Gasteiger partial charge on any atom is -0.306 e. The molecular formula is C18H21ClN4OS. The number of fused-ring (bicyclic) bond motifs is 4. The summed E-state index contributed by atoms with van der Waals surface area (Å²) >= 11 is 7.94. The summed E-state index contributed by atoms with van der Waals surface area (Å²) in [7, 11) is 0. The van der Waals surface area contributed by atoms with E-state index in [4.69, 9.17) is 11.6 Å². The van der Waals surface area contributed by atoms with E-state index in [0.29, 0.717) is 19.1 Å². The molecule has 1 aromatic carbocycles. The van der Waals surface area contributed by atoms with Crippen molar-refractivity contribution in [3.63, 3.8) is 0 Å². The number of hydrogen-bond donors (Lipinski definition) is 2. The van der Waals surface area contributed by atoms with Crippen molar-refractivity contribution in [2.45, 2.75) is 43.8 Å². The van der Waals surface area contributed by atoms with Gasteiger partial charge in [0.1, 0.15) is 6.17 Å². The maximum absolute atomic E-state index is 13.1. The Labute approximate surface area is 156 Å². The van der Waals surface area contributed by atoms with Crippen LogP contribution < -0.4 is 10.7 Å². The van der Waals surface area contributed by atoms with Gasteiger partial charge in [-0.05, 0) is 48.3 Å². The maximum Gasteiger partial charge on any atom is 0.337 e. The van der Waals surface area contributed by atoms with Gasteiger partial charge in [0.05, 0.1) is 12.0 Å². The molecule has 25 heavy (non-hydrogen) atoms. The fourth-order valence-electron chi connectivity index (χ4n) is 4.47. The third-order valence-corrected chi connectivity index (χ3v) is 7.43. The monoisotopic (exact) mass is 376 g/mol. The van der Waals surface area contributed by atoms with Crippen LogP contribution in [0.3, 0.4) is 0 Å². The molecule has 7 heteroatoms. The number of rotatable bonds is 2. The topological polar surface area (TPSA) is 47.6 Å². The Morgan fingerprint density at radius 2 is 2.00 bits per heavy atom. The van der Waals surface area contributed by atoms with Crippen LogP contribution in [-0.4, -0.2) is 34.1 Å². The van der Waals surface area contributed by atoms with Gasteiger partial charge in [0.25, 0.3) is 0 Å². The molecule has 0 aromatic heterocycles. The molecule has 132 valence electrons. The molecule has 2 fully saturated rings. The average Bonchev–Trinajstić information content (AvgIpc) is 3.24. The van der Waals surface area contributed by atoms with Crippen molar-refractivity contribution in [3.05, 3.63) is 45.3 Å². The predicted molar refractivity (Wildman–Crippen MR) is 99.5 cm³/mol. The standard InChI is InChI=1S/C18H21ClN4OS/c19-12-7-5-11(6-8-12)9-22-17-15(13-3-1-2-4-14(13)25-17)16-20-10-21-23(16)18(22)24/h5-8,15-17,20-21H,1-4,9-10H2. The van der Waals surface area contributed by atoms with E-state index in [-0.39, 0.29) is 17.6 Å². The highest BCUT2D eigenvalue weighted by atomic mass is 35.5. The average molecular weight is 377 g/mol. The van der Waals surface area contributed by atoms with Crippen LogP contribution in [0, 0.1) is 5.92 Å². The van der Waals surface area contributed by atoms with Crippen LogP contribution in [0.5, 0.6) is 0 Å². The number of nitrogens with zero attached hydrogens (tertiary/aromatic N) is 2. The summed E-state index contributed by atoms with van der Waals surface area (Å²) in [4.78, 5) is 16.7. The Morgan fingerprint density at radius 3 is 2.84 bits per heavy atom. The Balaban J connectivity index is 1.48. The van der Waals surface area contributed by atoms with Gasteiger partial charge >= 0.3 is 6.03 Å². The lowest BCUT2D eigenvalue weighted by Gasteiger charge is -2.45. The van der Waals surface area contributed by atoms with Crippen LogP contribution in [0.1, 0.15) is 31.2 Å². The second kappa shape index (κ2) is 6.20. The van der Waals surface area contributed by atoms with Crippen molar-refractivity contribution in [1.29, 1.82) is 0 Å². The number of urea groups is 1. The van der Waals surface area contributed by atoms with Gasteiger partial charge in [0.15, 0.2) is 0 Å². The molecule has 5 nitrogen and oxygen atoms in total. The number of hydrazine groups is 1. The van der Waals surface area contributed by atoms with E-state index in [0.717, 1.165) is 10.6 Å². The molecule has 5 rings (SSSR count). The Kier molecular flexibility index (Phi) is 3.97. The third kappa shape index (κ3) is 2.58. The minimum absolute atomic E-state index is 0.0681. The van der Waals surface area contributed by atoms with Gasteiger partial charge in [0, 0.05) is 17.5 Å². The van der Waals surface area contributed by atoms with Crippen LogP contribution in [-0.2, 0) is 6.54 Å². The van der Waals surface area contributed by atoms with E-state index < -0.39 is 0 Å². The zero-order valence-electron chi connectivity index (χ0n) is 13.9. The summed E-state index contributed by atoms with van der Waals surface area (Å²) in [6.07, 6.45) is 4.98. The number of nitrogens with one attached hydrogen (secondary N) is 2. The Hall–Kier alpha value is -1.21. The second-order valence-corrected chi connectivity index (χ2v) is 8.73. The lowest BCUT2D eigenvalue weighted by atomic mass is 9.85. The molecule has 0 bridgehead atoms. The normalized spacial score (nSPS) is 31.2. The molecule has 0 saturated carbocycles. The molecule has 2 N–H and O–H groups in total. The second-order valence-electron chi connectivity index (χ2n) is 7.08.